The molecular formula is C16H19N3O2. The van der Waals surface area contributed by atoms with Crippen molar-refractivity contribution in [3.63, 3.8) is 0 Å². The Kier molecular flexibility index (Phi) is 3.64. The molecule has 0 bridgehead atoms. The Balaban J connectivity index is 1.79. The van der Waals surface area contributed by atoms with Gasteiger partial charge in [-0.2, -0.15) is 0 Å². The molecule has 5 nitrogen and oxygen atoms in total. The van der Waals surface area contributed by atoms with Crippen LogP contribution in [0.1, 0.15) is 43.2 Å². The molecule has 1 fully saturated rings. The molecule has 2 aromatic rings. The van der Waals surface area contributed by atoms with Gasteiger partial charge < -0.3 is 14.6 Å². The fraction of sp³-hybridized carbons (Fsp3) is 0.375. The van der Waals surface area contributed by atoms with Gasteiger partial charge in [0.25, 0.3) is 5.91 Å². The van der Waals surface area contributed by atoms with Gasteiger partial charge in [0.1, 0.15) is 11.4 Å². The Hall–Kier alpha value is -2.30. The maximum atomic E-state index is 12.5. The number of carbonyl (C=O) groups excluding carboxylic acids is 1. The predicted octanol–water partition coefficient (Wildman–Crippen LogP) is 3.26. The van der Waals surface area contributed by atoms with Gasteiger partial charge >= 0.3 is 0 Å². The Morgan fingerprint density at radius 3 is 2.90 bits per heavy atom. The number of rotatable bonds is 5. The van der Waals surface area contributed by atoms with Crippen molar-refractivity contribution in [2.75, 3.05) is 5.32 Å². The summed E-state index contributed by atoms with van der Waals surface area (Å²) in [7, 11) is 0. The highest BCUT2D eigenvalue weighted by Gasteiger charge is 2.27. The van der Waals surface area contributed by atoms with Crippen LogP contribution >= 0.6 is 0 Å². The van der Waals surface area contributed by atoms with Gasteiger partial charge in [0.05, 0.1) is 6.10 Å². The molecule has 21 heavy (non-hydrogen) atoms. The lowest BCUT2D eigenvalue weighted by Gasteiger charge is -2.14. The number of hydrogen-bond donors (Lipinski definition) is 1. The average molecular weight is 285 g/mol. The summed E-state index contributed by atoms with van der Waals surface area (Å²) in [6, 6.07) is 7.80. The highest BCUT2D eigenvalue weighted by molar-refractivity contribution is 6.03. The second kappa shape index (κ2) is 5.60. The molecule has 5 heteroatoms. The molecule has 0 saturated heterocycles. The zero-order chi connectivity index (χ0) is 14.8. The van der Waals surface area contributed by atoms with E-state index < -0.39 is 0 Å². The largest absolute Gasteiger partial charge is 0.473 e. The lowest BCUT2D eigenvalue weighted by Crippen LogP contribution is -2.18. The number of nitrogens with zero attached hydrogens (tertiary/aromatic N) is 2. The summed E-state index contributed by atoms with van der Waals surface area (Å²) in [5.41, 5.74) is 1.27. The van der Waals surface area contributed by atoms with E-state index in [9.17, 15) is 4.79 Å². The molecule has 110 valence electrons. The predicted molar refractivity (Wildman–Crippen MR) is 80.7 cm³/mol. The highest BCUT2D eigenvalue weighted by Crippen LogP contribution is 2.36. The molecule has 3 rings (SSSR count). The van der Waals surface area contributed by atoms with E-state index in [1.165, 1.54) is 0 Å². The fourth-order valence-corrected chi connectivity index (χ4v) is 2.25. The first-order valence-electron chi connectivity index (χ1n) is 7.25. The summed E-state index contributed by atoms with van der Waals surface area (Å²) in [5.74, 6) is 0.318. The van der Waals surface area contributed by atoms with Gasteiger partial charge in [-0.1, -0.05) is 0 Å². The van der Waals surface area contributed by atoms with Crippen molar-refractivity contribution in [1.29, 1.82) is 0 Å². The van der Waals surface area contributed by atoms with Crippen LogP contribution in [0.4, 0.5) is 5.69 Å². The molecule has 0 atom stereocenters. The van der Waals surface area contributed by atoms with Crippen molar-refractivity contribution in [2.45, 2.75) is 38.8 Å². The molecule has 1 saturated carbocycles. The van der Waals surface area contributed by atoms with Crippen molar-refractivity contribution in [3.05, 3.63) is 42.4 Å². The number of carbonyl (C=O) groups is 1. The first-order valence-corrected chi connectivity index (χ1v) is 7.25. The standard InChI is InChI=1S/C16H19N3O2/c1-11(2)21-16-13(5-3-9-17-16)18-15(20)14-6-4-10-19(14)12-7-8-12/h3-6,9-12H,7-8H2,1-2H3,(H,18,20). The molecule has 1 aliphatic rings. The Morgan fingerprint density at radius 1 is 1.38 bits per heavy atom. The first kappa shape index (κ1) is 13.7. The number of pyridine rings is 1. The SMILES string of the molecule is CC(C)Oc1ncccc1NC(=O)c1cccn1C1CC1. The number of aromatic nitrogens is 2. The normalized spacial score (nSPS) is 14.2. The van der Waals surface area contributed by atoms with E-state index in [-0.39, 0.29) is 12.0 Å². The topological polar surface area (TPSA) is 56.1 Å². The van der Waals surface area contributed by atoms with Crippen LogP contribution < -0.4 is 10.1 Å². The van der Waals surface area contributed by atoms with Gasteiger partial charge in [-0.15, -0.1) is 0 Å². The van der Waals surface area contributed by atoms with Gasteiger partial charge in [0, 0.05) is 18.4 Å². The molecular weight excluding hydrogens is 266 g/mol. The smallest absolute Gasteiger partial charge is 0.272 e. The molecule has 0 radical (unpaired) electrons. The Morgan fingerprint density at radius 2 is 2.19 bits per heavy atom. The van der Waals surface area contributed by atoms with Crippen molar-refractivity contribution >= 4 is 11.6 Å². The van der Waals surface area contributed by atoms with Gasteiger partial charge in [-0.05, 0) is 51.0 Å². The second-order valence-electron chi connectivity index (χ2n) is 5.51. The number of anilines is 1. The number of nitrogens with one attached hydrogen (secondary N) is 1. The zero-order valence-electron chi connectivity index (χ0n) is 12.2. The van der Waals surface area contributed by atoms with Crippen LogP contribution in [0.5, 0.6) is 5.88 Å². The molecule has 0 unspecified atom stereocenters. The fourth-order valence-electron chi connectivity index (χ4n) is 2.25. The summed E-state index contributed by atoms with van der Waals surface area (Å²) in [6.45, 7) is 3.86. The Bertz CT molecular complexity index is 644. The van der Waals surface area contributed by atoms with Crippen LogP contribution in [0, 0.1) is 0 Å². The zero-order valence-corrected chi connectivity index (χ0v) is 12.2. The Labute approximate surface area is 124 Å². The van der Waals surface area contributed by atoms with Crippen LogP contribution in [0.2, 0.25) is 0 Å². The average Bonchev–Trinajstić information content (AvgIpc) is 3.17. The molecule has 1 N–H and O–H groups in total. The minimum Gasteiger partial charge on any atom is -0.473 e. The molecule has 0 aromatic carbocycles. The van der Waals surface area contributed by atoms with E-state index >= 15 is 0 Å². The van der Waals surface area contributed by atoms with Gasteiger partial charge in [0.15, 0.2) is 0 Å². The maximum absolute atomic E-state index is 12.5. The van der Waals surface area contributed by atoms with Gasteiger partial charge in [-0.3, -0.25) is 4.79 Å². The number of amides is 1. The summed E-state index contributed by atoms with van der Waals surface area (Å²) in [6.07, 6.45) is 5.90. The van der Waals surface area contributed by atoms with E-state index in [1.807, 2.05) is 36.7 Å². The summed E-state index contributed by atoms with van der Waals surface area (Å²) in [5, 5.41) is 2.89. The lowest BCUT2D eigenvalue weighted by atomic mass is 10.3. The van der Waals surface area contributed by atoms with Gasteiger partial charge in [0.2, 0.25) is 5.88 Å². The third-order valence-corrected chi connectivity index (χ3v) is 3.32. The quantitative estimate of drug-likeness (QED) is 0.917. The molecule has 2 heterocycles. The van der Waals surface area contributed by atoms with Gasteiger partial charge in [-0.25, -0.2) is 4.98 Å². The number of hydrogen-bond acceptors (Lipinski definition) is 3. The van der Waals surface area contributed by atoms with E-state index in [0.717, 1.165) is 12.8 Å². The van der Waals surface area contributed by atoms with E-state index in [1.54, 1.807) is 18.3 Å². The minimum atomic E-state index is -0.131. The van der Waals surface area contributed by atoms with Crippen molar-refractivity contribution < 1.29 is 9.53 Å². The third-order valence-electron chi connectivity index (χ3n) is 3.32. The minimum absolute atomic E-state index is 0.00544. The van der Waals surface area contributed by atoms with Crippen molar-refractivity contribution in [1.82, 2.24) is 9.55 Å². The van der Waals surface area contributed by atoms with Crippen molar-refractivity contribution in [3.8, 4) is 5.88 Å². The molecule has 1 aliphatic carbocycles. The van der Waals surface area contributed by atoms with Crippen LogP contribution in [-0.4, -0.2) is 21.6 Å². The molecule has 0 spiro atoms. The summed E-state index contributed by atoms with van der Waals surface area (Å²) >= 11 is 0. The number of ether oxygens (including phenoxy) is 1. The van der Waals surface area contributed by atoms with E-state index in [0.29, 0.717) is 23.3 Å². The highest BCUT2D eigenvalue weighted by atomic mass is 16.5. The van der Waals surface area contributed by atoms with Crippen molar-refractivity contribution in [2.24, 2.45) is 0 Å². The summed E-state index contributed by atoms with van der Waals surface area (Å²) in [4.78, 5) is 16.6. The maximum Gasteiger partial charge on any atom is 0.272 e. The molecule has 2 aromatic heterocycles. The summed E-state index contributed by atoms with van der Waals surface area (Å²) < 4.78 is 7.66. The monoisotopic (exact) mass is 285 g/mol. The van der Waals surface area contributed by atoms with Crippen LogP contribution in [-0.2, 0) is 0 Å². The van der Waals surface area contributed by atoms with Crippen LogP contribution in [0.25, 0.3) is 0 Å². The van der Waals surface area contributed by atoms with Crippen LogP contribution in [0.3, 0.4) is 0 Å². The first-order chi connectivity index (χ1) is 10.1. The molecule has 0 aliphatic heterocycles. The third kappa shape index (κ3) is 3.07. The van der Waals surface area contributed by atoms with Crippen LogP contribution in [0.15, 0.2) is 36.7 Å². The lowest BCUT2D eigenvalue weighted by molar-refractivity contribution is 0.101. The second-order valence-corrected chi connectivity index (χ2v) is 5.51. The van der Waals surface area contributed by atoms with E-state index in [2.05, 4.69) is 10.3 Å². The molecule has 1 amide bonds. The van der Waals surface area contributed by atoms with E-state index in [4.69, 9.17) is 4.74 Å².